The molecule has 0 bridgehead atoms. The van der Waals surface area contributed by atoms with Crippen LogP contribution in [0.2, 0.25) is 0 Å². The molecule has 5 aromatic rings. The third-order valence-electron chi connectivity index (χ3n) is 10.1. The normalized spacial score (nSPS) is 18.3. The number of ether oxygens (including phenoxy) is 1. The van der Waals surface area contributed by atoms with E-state index >= 15 is 0 Å². The Kier molecular flexibility index (Phi) is 9.36. The summed E-state index contributed by atoms with van der Waals surface area (Å²) >= 11 is 0. The number of H-pyrrole nitrogens is 2. The second kappa shape index (κ2) is 13.9. The quantitative estimate of drug-likeness (QED) is 0.148. The van der Waals surface area contributed by atoms with Crippen molar-refractivity contribution in [3.8, 4) is 11.1 Å². The van der Waals surface area contributed by atoms with Gasteiger partial charge in [-0.1, -0.05) is 24.3 Å². The number of nitrogens with one attached hydrogen (secondary N) is 3. The van der Waals surface area contributed by atoms with Gasteiger partial charge in [0, 0.05) is 42.2 Å². The van der Waals surface area contributed by atoms with Crippen LogP contribution in [-0.4, -0.2) is 60.7 Å². The van der Waals surface area contributed by atoms with Crippen LogP contribution >= 0.6 is 0 Å². The van der Waals surface area contributed by atoms with E-state index in [9.17, 15) is 19.2 Å². The van der Waals surface area contributed by atoms with Gasteiger partial charge in [-0.3, -0.25) is 14.5 Å². The van der Waals surface area contributed by atoms with Gasteiger partial charge in [-0.25, -0.2) is 19.1 Å². The maximum Gasteiger partial charge on any atom is 0.407 e. The van der Waals surface area contributed by atoms with Crippen LogP contribution in [0.3, 0.4) is 0 Å². The van der Waals surface area contributed by atoms with Crippen molar-refractivity contribution in [2.45, 2.75) is 90.2 Å². The first-order valence-corrected chi connectivity index (χ1v) is 18.1. The SMILES string of the molecule is Cc1cc2nc(C3CC3)nn2cc1-c1ccc(C[C@@H](C(N)=O)N(C(=O)C2CCC(CNC(=O)OC(C)(C)C)CC2)c2ccc3[nH]c(=O)[nH]c3c2)cc1. The zero-order valence-electron chi connectivity index (χ0n) is 30.1. The molecule has 272 valence electrons. The molecule has 0 saturated heterocycles. The van der Waals surface area contributed by atoms with Crippen LogP contribution in [-0.2, 0) is 20.7 Å². The van der Waals surface area contributed by atoms with Crippen molar-refractivity contribution in [1.82, 2.24) is 29.9 Å². The van der Waals surface area contributed by atoms with Gasteiger partial charge < -0.3 is 25.8 Å². The number of aromatic amines is 2. The number of hydrogen-bond donors (Lipinski definition) is 4. The Hall–Kier alpha value is -5.46. The van der Waals surface area contributed by atoms with Crippen LogP contribution < -0.4 is 21.6 Å². The van der Waals surface area contributed by atoms with E-state index in [0.29, 0.717) is 42.0 Å². The number of pyridine rings is 1. The second-order valence-corrected chi connectivity index (χ2v) is 15.4. The van der Waals surface area contributed by atoms with E-state index < -0.39 is 23.6 Å². The maximum absolute atomic E-state index is 14.5. The van der Waals surface area contributed by atoms with Crippen molar-refractivity contribution in [1.29, 1.82) is 0 Å². The fourth-order valence-electron chi connectivity index (χ4n) is 7.20. The summed E-state index contributed by atoms with van der Waals surface area (Å²) in [5, 5.41) is 7.56. The molecule has 52 heavy (non-hydrogen) atoms. The third-order valence-corrected chi connectivity index (χ3v) is 10.1. The topological polar surface area (TPSA) is 181 Å². The first-order valence-electron chi connectivity index (χ1n) is 18.1. The number of imidazole rings is 1. The minimum Gasteiger partial charge on any atom is -0.444 e. The Bertz CT molecular complexity index is 2180. The van der Waals surface area contributed by atoms with Gasteiger partial charge in [0.15, 0.2) is 11.5 Å². The van der Waals surface area contributed by atoms with Crippen molar-refractivity contribution in [3.63, 3.8) is 0 Å². The number of benzene rings is 2. The van der Waals surface area contributed by atoms with E-state index in [4.69, 9.17) is 20.6 Å². The molecule has 2 aromatic carbocycles. The maximum atomic E-state index is 14.5. The number of aromatic nitrogens is 5. The number of aryl methyl sites for hydroxylation is 1. The van der Waals surface area contributed by atoms with E-state index in [1.54, 1.807) is 18.2 Å². The third kappa shape index (κ3) is 7.73. The van der Waals surface area contributed by atoms with Gasteiger partial charge in [0.1, 0.15) is 11.6 Å². The number of fused-ring (bicyclic) bond motifs is 2. The van der Waals surface area contributed by atoms with Crippen LogP contribution in [0.4, 0.5) is 10.5 Å². The lowest BCUT2D eigenvalue weighted by Gasteiger charge is -2.36. The molecular formula is C39H46N8O5. The van der Waals surface area contributed by atoms with E-state index in [1.165, 1.54) is 4.90 Å². The fourth-order valence-corrected chi connectivity index (χ4v) is 7.20. The van der Waals surface area contributed by atoms with Crippen molar-refractivity contribution < 1.29 is 19.1 Å². The second-order valence-electron chi connectivity index (χ2n) is 15.4. The number of alkyl carbamates (subject to hydrolysis) is 1. The molecule has 2 aliphatic rings. The number of amides is 3. The number of anilines is 1. The van der Waals surface area contributed by atoms with Gasteiger partial charge in [0.05, 0.1) is 11.0 Å². The Labute approximate surface area is 301 Å². The van der Waals surface area contributed by atoms with Gasteiger partial charge in [0.2, 0.25) is 11.8 Å². The molecule has 1 atom stereocenters. The minimum absolute atomic E-state index is 0.196. The molecule has 2 saturated carbocycles. The molecule has 13 heteroatoms. The van der Waals surface area contributed by atoms with Crippen molar-refractivity contribution in [2.24, 2.45) is 17.6 Å². The molecule has 2 fully saturated rings. The molecule has 2 aliphatic carbocycles. The molecule has 0 aliphatic heterocycles. The Morgan fingerprint density at radius 3 is 2.38 bits per heavy atom. The smallest absolute Gasteiger partial charge is 0.407 e. The summed E-state index contributed by atoms with van der Waals surface area (Å²) in [6.45, 7) is 7.98. The molecule has 13 nitrogen and oxygen atoms in total. The summed E-state index contributed by atoms with van der Waals surface area (Å²) in [4.78, 5) is 63.8. The molecule has 0 radical (unpaired) electrons. The van der Waals surface area contributed by atoms with E-state index in [0.717, 1.165) is 59.4 Å². The van der Waals surface area contributed by atoms with E-state index in [2.05, 4.69) is 22.2 Å². The van der Waals surface area contributed by atoms with Crippen LogP contribution in [0.25, 0.3) is 27.8 Å². The number of primary amides is 1. The molecule has 3 amide bonds. The molecular weight excluding hydrogens is 660 g/mol. The summed E-state index contributed by atoms with van der Waals surface area (Å²) in [7, 11) is 0. The van der Waals surface area contributed by atoms with Gasteiger partial charge in [-0.2, -0.15) is 5.10 Å². The average Bonchev–Trinajstić information content (AvgIpc) is 3.76. The highest BCUT2D eigenvalue weighted by Gasteiger charge is 2.36. The fraction of sp³-hybridized carbons (Fsp3) is 0.436. The van der Waals surface area contributed by atoms with Gasteiger partial charge >= 0.3 is 11.8 Å². The van der Waals surface area contributed by atoms with Gasteiger partial charge in [-0.15, -0.1) is 0 Å². The van der Waals surface area contributed by atoms with Crippen molar-refractivity contribution in [3.05, 3.63) is 82.2 Å². The number of hydrogen-bond acceptors (Lipinski definition) is 7. The van der Waals surface area contributed by atoms with Crippen LogP contribution in [0.15, 0.2) is 59.5 Å². The highest BCUT2D eigenvalue weighted by Crippen LogP contribution is 2.38. The molecule has 7 rings (SSSR count). The lowest BCUT2D eigenvalue weighted by Crippen LogP contribution is -2.52. The van der Waals surface area contributed by atoms with Gasteiger partial charge in [0.25, 0.3) is 0 Å². The highest BCUT2D eigenvalue weighted by molar-refractivity contribution is 6.02. The molecule has 0 spiro atoms. The summed E-state index contributed by atoms with van der Waals surface area (Å²) < 4.78 is 7.22. The summed E-state index contributed by atoms with van der Waals surface area (Å²) in [5.41, 5.74) is 11.5. The highest BCUT2D eigenvalue weighted by atomic mass is 16.6. The number of carbonyl (C=O) groups excluding carboxylic acids is 3. The van der Waals surface area contributed by atoms with Crippen LogP contribution in [0, 0.1) is 18.8 Å². The monoisotopic (exact) mass is 706 g/mol. The number of rotatable bonds is 10. The van der Waals surface area contributed by atoms with Crippen molar-refractivity contribution in [2.75, 3.05) is 11.4 Å². The zero-order chi connectivity index (χ0) is 36.7. The largest absolute Gasteiger partial charge is 0.444 e. The standard InChI is InChI=1S/C39H46N8O5/c1-22-17-33-44-35(26-13-14-26)45-46(33)21-29(22)25-9-5-23(6-10-25)18-32(34(40)48)47(28-15-16-30-31(19-28)43-37(50)42-30)36(49)27-11-7-24(8-12-27)20-41-38(51)52-39(2,3)4/h5-6,9-10,15-17,19,21,24,26-27,32H,7-8,11-14,18,20H2,1-4H3,(H2,40,48)(H,41,51)(H2,42,43,50)/t24?,27?,32-/m0/s1. The van der Waals surface area contributed by atoms with E-state index in [1.807, 2.05) is 61.8 Å². The van der Waals surface area contributed by atoms with Crippen molar-refractivity contribution >= 4 is 40.3 Å². The molecule has 3 aromatic heterocycles. The average molecular weight is 707 g/mol. The Balaban J connectivity index is 1.11. The predicted molar refractivity (Wildman–Crippen MR) is 198 cm³/mol. The molecule has 5 N–H and O–H groups in total. The molecule has 0 unspecified atom stereocenters. The zero-order valence-corrected chi connectivity index (χ0v) is 30.1. The van der Waals surface area contributed by atoms with Crippen LogP contribution in [0.1, 0.15) is 82.2 Å². The molecule has 3 heterocycles. The number of nitrogens with two attached hydrogens (primary N) is 1. The number of nitrogens with zero attached hydrogens (tertiary/aromatic N) is 4. The van der Waals surface area contributed by atoms with Crippen LogP contribution in [0.5, 0.6) is 0 Å². The minimum atomic E-state index is -0.984. The Morgan fingerprint density at radius 2 is 1.71 bits per heavy atom. The summed E-state index contributed by atoms with van der Waals surface area (Å²) in [6.07, 6.45) is 6.67. The van der Waals surface area contributed by atoms with Gasteiger partial charge in [-0.05, 0) is 113 Å². The Morgan fingerprint density at radius 1 is 1.00 bits per heavy atom. The van der Waals surface area contributed by atoms with E-state index in [-0.39, 0.29) is 29.9 Å². The first kappa shape index (κ1) is 35.0. The lowest BCUT2D eigenvalue weighted by atomic mass is 9.81. The first-order chi connectivity index (χ1) is 24.8. The predicted octanol–water partition coefficient (Wildman–Crippen LogP) is 5.51. The number of carbonyl (C=O) groups is 3. The lowest BCUT2D eigenvalue weighted by molar-refractivity contribution is -0.127. The summed E-state index contributed by atoms with van der Waals surface area (Å²) in [6, 6.07) is 14.2. The summed E-state index contributed by atoms with van der Waals surface area (Å²) in [5.74, 6) is 0.383.